The standard InChI is InChI=1S/C34H36ClN3O5S/c1-4-43-32-16-9-8-15-30(32)38(44(41,42)29-19-17-28(35)18-20-29)24-33(39)37(23-27-14-10-11-25(2)21-27)31(34(40)36-3)22-26-12-6-5-7-13-26/h5-21,31H,4,22-24H2,1-3H3,(H,36,40)/t31-/m1/s1. The van der Waals surface area contributed by atoms with Gasteiger partial charge in [0.1, 0.15) is 18.3 Å². The molecule has 4 rings (SSSR count). The number of amides is 2. The highest BCUT2D eigenvalue weighted by molar-refractivity contribution is 7.92. The maximum atomic E-state index is 14.4. The topological polar surface area (TPSA) is 96.0 Å². The highest BCUT2D eigenvalue weighted by atomic mass is 35.5. The van der Waals surface area contributed by atoms with Crippen molar-refractivity contribution in [2.24, 2.45) is 0 Å². The van der Waals surface area contributed by atoms with E-state index >= 15 is 0 Å². The SMILES string of the molecule is CCOc1ccccc1N(CC(=O)N(Cc1cccc(C)c1)[C@H](Cc1ccccc1)C(=O)NC)S(=O)(=O)c1ccc(Cl)cc1. The number of nitrogens with zero attached hydrogens (tertiary/aromatic N) is 2. The third kappa shape index (κ3) is 7.98. The summed E-state index contributed by atoms with van der Waals surface area (Å²) in [7, 11) is -2.76. The van der Waals surface area contributed by atoms with Gasteiger partial charge in [0.05, 0.1) is 17.2 Å². The molecule has 0 radical (unpaired) electrons. The minimum absolute atomic E-state index is 0.0432. The zero-order valence-corrected chi connectivity index (χ0v) is 26.5. The second-order valence-electron chi connectivity index (χ2n) is 10.2. The molecule has 4 aromatic carbocycles. The van der Waals surface area contributed by atoms with Crippen molar-refractivity contribution in [3.8, 4) is 5.75 Å². The number of aryl methyl sites for hydroxylation is 1. The summed E-state index contributed by atoms with van der Waals surface area (Å²) in [6, 6.07) is 28.5. The number of carbonyl (C=O) groups excluding carboxylic acids is 2. The second kappa shape index (κ2) is 14.9. The van der Waals surface area contributed by atoms with E-state index in [1.807, 2.05) is 61.5 Å². The van der Waals surface area contributed by atoms with Crippen LogP contribution in [0.1, 0.15) is 23.6 Å². The molecule has 2 amide bonds. The van der Waals surface area contributed by atoms with Crippen molar-refractivity contribution < 1.29 is 22.7 Å². The first-order valence-electron chi connectivity index (χ1n) is 14.2. The maximum absolute atomic E-state index is 14.4. The van der Waals surface area contributed by atoms with Crippen LogP contribution in [0.3, 0.4) is 0 Å². The largest absolute Gasteiger partial charge is 0.492 e. The van der Waals surface area contributed by atoms with Gasteiger partial charge < -0.3 is 15.0 Å². The number of halogens is 1. The number of para-hydroxylation sites is 2. The fourth-order valence-electron chi connectivity index (χ4n) is 4.92. The number of likely N-dealkylation sites (N-methyl/N-ethyl adjacent to an activating group) is 1. The summed E-state index contributed by atoms with van der Waals surface area (Å²) < 4.78 is 35.2. The van der Waals surface area contributed by atoms with Crippen molar-refractivity contribution in [3.05, 3.63) is 125 Å². The minimum Gasteiger partial charge on any atom is -0.492 e. The average Bonchev–Trinajstić information content (AvgIpc) is 3.02. The van der Waals surface area contributed by atoms with Gasteiger partial charge in [-0.05, 0) is 61.4 Å². The molecule has 0 aromatic heterocycles. The van der Waals surface area contributed by atoms with E-state index in [9.17, 15) is 18.0 Å². The molecule has 0 spiro atoms. The predicted molar refractivity (Wildman–Crippen MR) is 173 cm³/mol. The van der Waals surface area contributed by atoms with Gasteiger partial charge >= 0.3 is 0 Å². The lowest BCUT2D eigenvalue weighted by atomic mass is 10.0. The van der Waals surface area contributed by atoms with Crippen molar-refractivity contribution in [1.82, 2.24) is 10.2 Å². The summed E-state index contributed by atoms with van der Waals surface area (Å²) in [5.74, 6) is -0.616. The molecule has 0 aliphatic rings. The Kier molecular flexibility index (Phi) is 11.0. The van der Waals surface area contributed by atoms with Gasteiger partial charge in [0.15, 0.2) is 0 Å². The molecule has 0 fully saturated rings. The van der Waals surface area contributed by atoms with Crippen LogP contribution < -0.4 is 14.4 Å². The molecule has 0 aliphatic heterocycles. The Labute approximate surface area is 264 Å². The van der Waals surface area contributed by atoms with Crippen LogP contribution in [-0.4, -0.2) is 51.4 Å². The zero-order valence-electron chi connectivity index (χ0n) is 24.9. The molecule has 0 saturated carbocycles. The Morgan fingerprint density at radius 2 is 1.55 bits per heavy atom. The highest BCUT2D eigenvalue weighted by Crippen LogP contribution is 2.33. The van der Waals surface area contributed by atoms with Crippen LogP contribution >= 0.6 is 11.6 Å². The molecule has 0 heterocycles. The van der Waals surface area contributed by atoms with Gasteiger partial charge in [-0.15, -0.1) is 0 Å². The Morgan fingerprint density at radius 3 is 2.20 bits per heavy atom. The quantitative estimate of drug-likeness (QED) is 0.206. The van der Waals surface area contributed by atoms with Crippen molar-refractivity contribution in [2.75, 3.05) is 24.5 Å². The van der Waals surface area contributed by atoms with E-state index in [1.54, 1.807) is 31.2 Å². The van der Waals surface area contributed by atoms with Gasteiger partial charge in [-0.2, -0.15) is 0 Å². The van der Waals surface area contributed by atoms with Gasteiger partial charge in [-0.1, -0.05) is 83.9 Å². The van der Waals surface area contributed by atoms with E-state index in [1.165, 1.54) is 36.2 Å². The number of hydrogen-bond acceptors (Lipinski definition) is 5. The number of nitrogens with one attached hydrogen (secondary N) is 1. The number of hydrogen-bond donors (Lipinski definition) is 1. The molecule has 4 aromatic rings. The first-order chi connectivity index (χ1) is 21.1. The van der Waals surface area contributed by atoms with E-state index in [2.05, 4.69) is 5.32 Å². The molecular formula is C34H36ClN3O5S. The molecule has 10 heteroatoms. The molecule has 44 heavy (non-hydrogen) atoms. The third-order valence-electron chi connectivity index (χ3n) is 7.07. The van der Waals surface area contributed by atoms with Crippen molar-refractivity contribution >= 4 is 39.1 Å². The first-order valence-corrected chi connectivity index (χ1v) is 16.1. The molecule has 0 bridgehead atoms. The van der Waals surface area contributed by atoms with Crippen LogP contribution in [0.5, 0.6) is 5.75 Å². The van der Waals surface area contributed by atoms with E-state index in [4.69, 9.17) is 16.3 Å². The van der Waals surface area contributed by atoms with E-state index < -0.39 is 28.5 Å². The number of benzene rings is 4. The van der Waals surface area contributed by atoms with Crippen LogP contribution in [0.25, 0.3) is 0 Å². The van der Waals surface area contributed by atoms with Crippen LogP contribution in [0, 0.1) is 6.92 Å². The highest BCUT2D eigenvalue weighted by Gasteiger charge is 2.35. The van der Waals surface area contributed by atoms with Gasteiger partial charge in [-0.25, -0.2) is 8.42 Å². The van der Waals surface area contributed by atoms with Crippen LogP contribution in [-0.2, 0) is 32.6 Å². The summed E-state index contributed by atoms with van der Waals surface area (Å²) in [6.07, 6.45) is 0.234. The predicted octanol–water partition coefficient (Wildman–Crippen LogP) is 5.63. The van der Waals surface area contributed by atoms with Crippen LogP contribution in [0.4, 0.5) is 5.69 Å². The van der Waals surface area contributed by atoms with Gasteiger partial charge in [0.25, 0.3) is 10.0 Å². The lowest BCUT2D eigenvalue weighted by Crippen LogP contribution is -2.53. The van der Waals surface area contributed by atoms with Crippen LogP contribution in [0.15, 0.2) is 108 Å². The van der Waals surface area contributed by atoms with Gasteiger partial charge in [0, 0.05) is 25.0 Å². The fourth-order valence-corrected chi connectivity index (χ4v) is 6.47. The van der Waals surface area contributed by atoms with E-state index in [0.717, 1.165) is 21.0 Å². The first kappa shape index (κ1) is 32.6. The minimum atomic E-state index is -4.28. The summed E-state index contributed by atoms with van der Waals surface area (Å²) in [5.41, 5.74) is 2.86. The molecular weight excluding hydrogens is 598 g/mol. The van der Waals surface area contributed by atoms with E-state index in [-0.39, 0.29) is 36.1 Å². The fraction of sp³-hybridized carbons (Fsp3) is 0.235. The van der Waals surface area contributed by atoms with Gasteiger partial charge in [0.2, 0.25) is 11.8 Å². The second-order valence-corrected chi connectivity index (χ2v) is 12.5. The molecule has 0 unspecified atom stereocenters. The number of carbonyl (C=O) groups is 2. The van der Waals surface area contributed by atoms with E-state index in [0.29, 0.717) is 10.8 Å². The van der Waals surface area contributed by atoms with Crippen molar-refractivity contribution in [2.45, 2.75) is 37.8 Å². The third-order valence-corrected chi connectivity index (χ3v) is 9.09. The number of sulfonamides is 1. The molecule has 230 valence electrons. The lowest BCUT2D eigenvalue weighted by molar-refractivity contribution is -0.139. The van der Waals surface area contributed by atoms with Crippen LogP contribution in [0.2, 0.25) is 5.02 Å². The number of anilines is 1. The average molecular weight is 634 g/mol. The summed E-state index contributed by atoms with van der Waals surface area (Å²) in [5, 5.41) is 3.07. The monoisotopic (exact) mass is 633 g/mol. The van der Waals surface area contributed by atoms with Gasteiger partial charge in [-0.3, -0.25) is 13.9 Å². The Morgan fingerprint density at radius 1 is 0.886 bits per heavy atom. The summed E-state index contributed by atoms with van der Waals surface area (Å²) in [4.78, 5) is 29.3. The Balaban J connectivity index is 1.82. The summed E-state index contributed by atoms with van der Waals surface area (Å²) >= 11 is 6.06. The number of rotatable bonds is 13. The Bertz CT molecular complexity index is 1680. The smallest absolute Gasteiger partial charge is 0.264 e. The normalized spacial score (nSPS) is 11.8. The molecule has 0 aliphatic carbocycles. The van der Waals surface area contributed by atoms with Crippen molar-refractivity contribution in [1.29, 1.82) is 0 Å². The Hall–Kier alpha value is -4.34. The lowest BCUT2D eigenvalue weighted by Gasteiger charge is -2.34. The molecule has 1 atom stereocenters. The number of ether oxygens (including phenoxy) is 1. The zero-order chi connectivity index (χ0) is 31.7. The molecule has 1 N–H and O–H groups in total. The molecule has 0 saturated heterocycles. The maximum Gasteiger partial charge on any atom is 0.264 e. The van der Waals surface area contributed by atoms with Crippen molar-refractivity contribution in [3.63, 3.8) is 0 Å². The summed E-state index contributed by atoms with van der Waals surface area (Å²) in [6.45, 7) is 3.54. The molecule has 8 nitrogen and oxygen atoms in total.